The molecule has 0 aliphatic rings. The van der Waals surface area contributed by atoms with Gasteiger partial charge in [0.1, 0.15) is 7.05 Å². The molecule has 10 heavy (non-hydrogen) atoms. The first-order valence-electron chi connectivity index (χ1n) is 3.45. The van der Waals surface area contributed by atoms with E-state index in [1.807, 2.05) is 27.0 Å². The van der Waals surface area contributed by atoms with Crippen LogP contribution in [-0.2, 0) is 0 Å². The molecule has 0 aliphatic heterocycles. The number of hydrogen-bond donors (Lipinski definition) is 0. The van der Waals surface area contributed by atoms with Gasteiger partial charge in [0.2, 0.25) is 0 Å². The Hall–Kier alpha value is -0.850. The van der Waals surface area contributed by atoms with Gasteiger partial charge in [0, 0.05) is 19.9 Å². The molecule has 0 heterocycles. The van der Waals surface area contributed by atoms with E-state index in [0.29, 0.717) is 0 Å². The molecule has 0 saturated carbocycles. The lowest BCUT2D eigenvalue weighted by Gasteiger charge is -1.94. The van der Waals surface area contributed by atoms with E-state index < -0.39 is 0 Å². The van der Waals surface area contributed by atoms with E-state index in [2.05, 4.69) is 24.2 Å². The SMILES string of the molecule is C=C(C)[N+](C)=C(C)C=CC. The summed E-state index contributed by atoms with van der Waals surface area (Å²) in [5.41, 5.74) is 2.28. The summed E-state index contributed by atoms with van der Waals surface area (Å²) < 4.78 is 2.06. The van der Waals surface area contributed by atoms with E-state index in [1.54, 1.807) is 0 Å². The summed E-state index contributed by atoms with van der Waals surface area (Å²) in [5.74, 6) is 0. The minimum atomic E-state index is 1.07. The van der Waals surface area contributed by atoms with Crippen molar-refractivity contribution in [2.24, 2.45) is 0 Å². The molecule has 0 amide bonds. The molecule has 0 saturated heterocycles. The summed E-state index contributed by atoms with van der Waals surface area (Å²) >= 11 is 0. The summed E-state index contributed by atoms with van der Waals surface area (Å²) in [7, 11) is 2.01. The van der Waals surface area contributed by atoms with Gasteiger partial charge in [-0.15, -0.1) is 0 Å². The molecule has 0 fully saturated rings. The Morgan fingerprint density at radius 1 is 1.40 bits per heavy atom. The lowest BCUT2D eigenvalue weighted by Crippen LogP contribution is -2.09. The first kappa shape index (κ1) is 9.15. The van der Waals surface area contributed by atoms with Crippen LogP contribution < -0.4 is 0 Å². The highest BCUT2D eigenvalue weighted by Gasteiger charge is 1.99. The summed E-state index contributed by atoms with van der Waals surface area (Å²) in [6.07, 6.45) is 4.09. The van der Waals surface area contributed by atoms with Gasteiger partial charge in [0.05, 0.1) is 0 Å². The van der Waals surface area contributed by atoms with Crippen LogP contribution in [0.2, 0.25) is 0 Å². The lowest BCUT2D eigenvalue weighted by molar-refractivity contribution is -0.442. The van der Waals surface area contributed by atoms with E-state index in [1.165, 1.54) is 5.71 Å². The van der Waals surface area contributed by atoms with E-state index in [-0.39, 0.29) is 0 Å². The fourth-order valence-electron chi connectivity index (χ4n) is 0.654. The molecule has 0 aromatic heterocycles. The Bertz CT molecular complexity index is 185. The Labute approximate surface area is 63.4 Å². The zero-order valence-corrected chi connectivity index (χ0v) is 7.31. The van der Waals surface area contributed by atoms with Gasteiger partial charge >= 0.3 is 0 Å². The van der Waals surface area contributed by atoms with Crippen LogP contribution in [0.4, 0.5) is 0 Å². The van der Waals surface area contributed by atoms with Gasteiger partial charge in [-0.2, -0.15) is 0 Å². The van der Waals surface area contributed by atoms with Crippen molar-refractivity contribution < 1.29 is 4.58 Å². The normalized spacial score (nSPS) is 13.6. The second-order valence-electron chi connectivity index (χ2n) is 2.44. The van der Waals surface area contributed by atoms with E-state index in [4.69, 9.17) is 0 Å². The molecule has 0 aromatic rings. The zero-order chi connectivity index (χ0) is 8.15. The van der Waals surface area contributed by atoms with Gasteiger partial charge < -0.3 is 0 Å². The van der Waals surface area contributed by atoms with Gasteiger partial charge in [0.15, 0.2) is 11.4 Å². The molecule has 0 radical (unpaired) electrons. The van der Waals surface area contributed by atoms with Crippen molar-refractivity contribution in [2.45, 2.75) is 20.8 Å². The van der Waals surface area contributed by atoms with E-state index in [9.17, 15) is 0 Å². The number of allylic oxidation sites excluding steroid dienone is 3. The summed E-state index contributed by atoms with van der Waals surface area (Å²) in [6, 6.07) is 0. The van der Waals surface area contributed by atoms with Crippen LogP contribution in [0.25, 0.3) is 0 Å². The van der Waals surface area contributed by atoms with Gasteiger partial charge in [-0.1, -0.05) is 6.08 Å². The molecule has 0 aromatic carbocycles. The first-order valence-corrected chi connectivity index (χ1v) is 3.45. The molecule has 0 bridgehead atoms. The Kier molecular flexibility index (Phi) is 3.70. The third-order valence-electron chi connectivity index (χ3n) is 1.51. The van der Waals surface area contributed by atoms with Crippen molar-refractivity contribution in [3.05, 3.63) is 24.4 Å². The third-order valence-corrected chi connectivity index (χ3v) is 1.51. The standard InChI is InChI=1S/C9H16N/c1-6-7-9(4)10(5)8(2)3/h6-7H,2H2,1,3-5H3/q+1. The Morgan fingerprint density at radius 2 is 1.90 bits per heavy atom. The third kappa shape index (κ3) is 2.62. The van der Waals surface area contributed by atoms with Gasteiger partial charge in [-0.3, -0.25) is 0 Å². The molecule has 0 N–H and O–H groups in total. The van der Waals surface area contributed by atoms with Crippen molar-refractivity contribution in [1.29, 1.82) is 0 Å². The van der Waals surface area contributed by atoms with Crippen LogP contribution in [0, 0.1) is 0 Å². The van der Waals surface area contributed by atoms with Gasteiger partial charge in [-0.05, 0) is 13.5 Å². The predicted octanol–water partition coefficient (Wildman–Crippen LogP) is 2.20. The quantitative estimate of drug-likeness (QED) is 0.406. The monoisotopic (exact) mass is 138 g/mol. The summed E-state index contributed by atoms with van der Waals surface area (Å²) in [5, 5.41) is 0. The molecule has 0 spiro atoms. The molecule has 56 valence electrons. The van der Waals surface area contributed by atoms with Crippen LogP contribution in [0.5, 0.6) is 0 Å². The van der Waals surface area contributed by atoms with Crippen LogP contribution in [0.3, 0.4) is 0 Å². The fraction of sp³-hybridized carbons (Fsp3) is 0.444. The van der Waals surface area contributed by atoms with Crippen LogP contribution in [0.1, 0.15) is 20.8 Å². The number of rotatable bonds is 2. The Balaban J connectivity index is 4.50. The van der Waals surface area contributed by atoms with Crippen molar-refractivity contribution in [3.63, 3.8) is 0 Å². The molecule has 0 aliphatic carbocycles. The van der Waals surface area contributed by atoms with Crippen molar-refractivity contribution >= 4 is 5.71 Å². The average molecular weight is 138 g/mol. The second-order valence-corrected chi connectivity index (χ2v) is 2.44. The maximum Gasteiger partial charge on any atom is 0.177 e. The van der Waals surface area contributed by atoms with Crippen LogP contribution in [0.15, 0.2) is 24.4 Å². The van der Waals surface area contributed by atoms with Crippen molar-refractivity contribution in [3.8, 4) is 0 Å². The maximum atomic E-state index is 3.83. The molecular weight excluding hydrogens is 122 g/mol. The molecule has 0 rings (SSSR count). The smallest absolute Gasteiger partial charge is 0.177 e. The number of nitrogens with zero attached hydrogens (tertiary/aromatic N) is 1. The van der Waals surface area contributed by atoms with E-state index >= 15 is 0 Å². The highest BCUT2D eigenvalue weighted by atomic mass is 15.0. The van der Waals surface area contributed by atoms with E-state index in [0.717, 1.165) is 5.70 Å². The highest BCUT2D eigenvalue weighted by Crippen LogP contribution is 1.89. The van der Waals surface area contributed by atoms with Crippen LogP contribution >= 0.6 is 0 Å². The van der Waals surface area contributed by atoms with Crippen molar-refractivity contribution in [2.75, 3.05) is 7.05 Å². The second kappa shape index (κ2) is 4.04. The van der Waals surface area contributed by atoms with Crippen molar-refractivity contribution in [1.82, 2.24) is 0 Å². The molecule has 0 atom stereocenters. The molecule has 1 nitrogen and oxygen atoms in total. The first-order chi connectivity index (χ1) is 4.59. The zero-order valence-electron chi connectivity index (χ0n) is 7.31. The predicted molar refractivity (Wildman–Crippen MR) is 46.5 cm³/mol. The number of hydrogen-bond acceptors (Lipinski definition) is 0. The largest absolute Gasteiger partial charge is 0.204 e. The minimum absolute atomic E-state index is 1.07. The fourth-order valence-corrected chi connectivity index (χ4v) is 0.654. The highest BCUT2D eigenvalue weighted by molar-refractivity contribution is 5.88. The molecular formula is C9H16N+. The maximum absolute atomic E-state index is 3.83. The van der Waals surface area contributed by atoms with Gasteiger partial charge in [0.25, 0.3) is 0 Å². The molecule has 0 unspecified atom stereocenters. The average Bonchev–Trinajstić information content (AvgIpc) is 1.87. The summed E-state index contributed by atoms with van der Waals surface area (Å²) in [4.78, 5) is 0. The molecule has 1 heteroatoms. The minimum Gasteiger partial charge on any atom is -0.204 e. The lowest BCUT2D eigenvalue weighted by atomic mass is 10.3. The van der Waals surface area contributed by atoms with Gasteiger partial charge in [-0.25, -0.2) is 4.58 Å². The van der Waals surface area contributed by atoms with Crippen LogP contribution in [-0.4, -0.2) is 17.3 Å². The Morgan fingerprint density at radius 3 is 2.20 bits per heavy atom. The summed E-state index contributed by atoms with van der Waals surface area (Å²) in [6.45, 7) is 9.90. The topological polar surface area (TPSA) is 3.01 Å².